The average Bonchev–Trinajstić information content (AvgIpc) is 2.91. The summed E-state index contributed by atoms with van der Waals surface area (Å²) in [7, 11) is 0. The second-order valence-electron chi connectivity index (χ2n) is 4.82. The standard InChI is InChI=1S/C14H15ClN4S/c1-8-4-11(5-17-13(8)15)16-6-12-10(3)18-14-19(12)9(2)7-20-14/h4-5,7,16H,6H2,1-3H3. The van der Waals surface area contributed by atoms with Gasteiger partial charge < -0.3 is 5.32 Å². The molecule has 0 aliphatic rings. The monoisotopic (exact) mass is 306 g/mol. The minimum Gasteiger partial charge on any atom is -0.378 e. The highest BCUT2D eigenvalue weighted by Gasteiger charge is 2.12. The van der Waals surface area contributed by atoms with Crippen molar-refractivity contribution in [2.75, 3.05) is 5.32 Å². The van der Waals surface area contributed by atoms with Crippen LogP contribution in [0.1, 0.15) is 22.6 Å². The van der Waals surface area contributed by atoms with Crippen molar-refractivity contribution in [3.63, 3.8) is 0 Å². The molecule has 0 bridgehead atoms. The minimum atomic E-state index is 0.548. The van der Waals surface area contributed by atoms with E-state index in [-0.39, 0.29) is 0 Å². The van der Waals surface area contributed by atoms with Gasteiger partial charge in [0.1, 0.15) is 5.15 Å². The highest BCUT2D eigenvalue weighted by atomic mass is 35.5. The zero-order chi connectivity index (χ0) is 14.3. The Morgan fingerprint density at radius 1 is 1.35 bits per heavy atom. The summed E-state index contributed by atoms with van der Waals surface area (Å²) in [5.41, 5.74) is 5.40. The smallest absolute Gasteiger partial charge is 0.194 e. The van der Waals surface area contributed by atoms with E-state index in [1.807, 2.05) is 19.9 Å². The average molecular weight is 307 g/mol. The lowest BCUT2D eigenvalue weighted by Crippen LogP contribution is -2.05. The summed E-state index contributed by atoms with van der Waals surface area (Å²) < 4.78 is 2.20. The number of rotatable bonds is 3. The third-order valence-corrected chi connectivity index (χ3v) is 4.64. The highest BCUT2D eigenvalue weighted by Crippen LogP contribution is 2.22. The molecule has 3 rings (SSSR count). The first-order valence-corrected chi connectivity index (χ1v) is 7.60. The van der Waals surface area contributed by atoms with Crippen molar-refractivity contribution < 1.29 is 0 Å². The number of imidazole rings is 1. The van der Waals surface area contributed by atoms with Crippen molar-refractivity contribution in [2.45, 2.75) is 27.3 Å². The van der Waals surface area contributed by atoms with Crippen LogP contribution in [0, 0.1) is 20.8 Å². The third kappa shape index (κ3) is 2.27. The van der Waals surface area contributed by atoms with E-state index in [9.17, 15) is 0 Å². The molecule has 3 heterocycles. The molecule has 3 aromatic rings. The topological polar surface area (TPSA) is 42.2 Å². The van der Waals surface area contributed by atoms with E-state index in [1.165, 1.54) is 11.4 Å². The van der Waals surface area contributed by atoms with Gasteiger partial charge in [0.25, 0.3) is 0 Å². The number of hydrogen-bond acceptors (Lipinski definition) is 4. The minimum absolute atomic E-state index is 0.548. The fourth-order valence-corrected chi connectivity index (χ4v) is 3.25. The molecule has 0 fully saturated rings. The molecule has 0 aliphatic carbocycles. The van der Waals surface area contributed by atoms with E-state index in [0.717, 1.165) is 21.9 Å². The molecule has 0 atom stereocenters. The van der Waals surface area contributed by atoms with Gasteiger partial charge in [-0.1, -0.05) is 11.6 Å². The first kappa shape index (κ1) is 13.4. The van der Waals surface area contributed by atoms with Crippen molar-refractivity contribution in [2.24, 2.45) is 0 Å². The number of aromatic nitrogens is 3. The Morgan fingerprint density at radius 2 is 2.15 bits per heavy atom. The second kappa shape index (κ2) is 5.07. The van der Waals surface area contributed by atoms with Crippen LogP contribution in [0.25, 0.3) is 4.96 Å². The number of halogens is 1. The number of fused-ring (bicyclic) bond motifs is 1. The van der Waals surface area contributed by atoms with Crippen LogP contribution in [0.4, 0.5) is 5.69 Å². The Kier molecular flexibility index (Phi) is 3.40. The van der Waals surface area contributed by atoms with Gasteiger partial charge in [-0.25, -0.2) is 9.97 Å². The number of anilines is 1. The maximum absolute atomic E-state index is 5.94. The van der Waals surface area contributed by atoms with Crippen molar-refractivity contribution >= 4 is 33.6 Å². The van der Waals surface area contributed by atoms with Crippen LogP contribution in [0.2, 0.25) is 5.15 Å². The molecule has 1 N–H and O–H groups in total. The molecule has 3 aromatic heterocycles. The molecule has 0 unspecified atom stereocenters. The van der Waals surface area contributed by atoms with E-state index in [1.54, 1.807) is 17.5 Å². The Balaban J connectivity index is 1.88. The molecular formula is C14H15ClN4S. The van der Waals surface area contributed by atoms with Crippen LogP contribution in [0.15, 0.2) is 17.6 Å². The van der Waals surface area contributed by atoms with Crippen molar-refractivity contribution in [1.29, 1.82) is 0 Å². The Labute approximate surface area is 126 Å². The zero-order valence-corrected chi connectivity index (χ0v) is 13.1. The summed E-state index contributed by atoms with van der Waals surface area (Å²) in [4.78, 5) is 9.78. The van der Waals surface area contributed by atoms with Crippen molar-refractivity contribution in [1.82, 2.24) is 14.4 Å². The van der Waals surface area contributed by atoms with Crippen LogP contribution in [-0.4, -0.2) is 14.4 Å². The van der Waals surface area contributed by atoms with Gasteiger partial charge in [-0.05, 0) is 32.4 Å². The number of thiazole rings is 1. The maximum atomic E-state index is 5.94. The first-order valence-electron chi connectivity index (χ1n) is 6.34. The van der Waals surface area contributed by atoms with Crippen LogP contribution in [0.5, 0.6) is 0 Å². The molecule has 4 nitrogen and oxygen atoms in total. The lowest BCUT2D eigenvalue weighted by atomic mass is 10.3. The molecular weight excluding hydrogens is 292 g/mol. The van der Waals surface area contributed by atoms with Gasteiger partial charge in [-0.3, -0.25) is 4.40 Å². The van der Waals surface area contributed by atoms with Gasteiger partial charge >= 0.3 is 0 Å². The van der Waals surface area contributed by atoms with E-state index in [4.69, 9.17) is 11.6 Å². The fraction of sp³-hybridized carbons (Fsp3) is 0.286. The third-order valence-electron chi connectivity index (χ3n) is 3.30. The summed E-state index contributed by atoms with van der Waals surface area (Å²) in [6.45, 7) is 6.81. The summed E-state index contributed by atoms with van der Waals surface area (Å²) >= 11 is 7.61. The summed E-state index contributed by atoms with van der Waals surface area (Å²) in [6, 6.07) is 2.00. The van der Waals surface area contributed by atoms with Gasteiger partial charge in [0.15, 0.2) is 4.96 Å². The van der Waals surface area contributed by atoms with Gasteiger partial charge in [0.05, 0.1) is 29.8 Å². The van der Waals surface area contributed by atoms with Crippen molar-refractivity contribution in [3.8, 4) is 0 Å². The molecule has 0 saturated carbocycles. The van der Waals surface area contributed by atoms with Crippen LogP contribution >= 0.6 is 22.9 Å². The van der Waals surface area contributed by atoms with Gasteiger partial charge in [-0.15, -0.1) is 11.3 Å². The number of aryl methyl sites for hydroxylation is 3. The van der Waals surface area contributed by atoms with E-state index < -0.39 is 0 Å². The zero-order valence-electron chi connectivity index (χ0n) is 11.6. The second-order valence-corrected chi connectivity index (χ2v) is 6.02. The van der Waals surface area contributed by atoms with E-state index >= 15 is 0 Å². The Morgan fingerprint density at radius 3 is 2.90 bits per heavy atom. The molecule has 0 saturated heterocycles. The number of nitrogens with one attached hydrogen (secondary N) is 1. The van der Waals surface area contributed by atoms with Gasteiger partial charge in [-0.2, -0.15) is 0 Å². The molecule has 20 heavy (non-hydrogen) atoms. The number of nitrogens with zero attached hydrogens (tertiary/aromatic N) is 3. The molecule has 0 radical (unpaired) electrons. The van der Waals surface area contributed by atoms with Crippen LogP contribution in [0.3, 0.4) is 0 Å². The predicted molar refractivity (Wildman–Crippen MR) is 83.9 cm³/mol. The summed E-state index contributed by atoms with van der Waals surface area (Å²) in [5.74, 6) is 0. The lowest BCUT2D eigenvalue weighted by molar-refractivity contribution is 0.964. The lowest BCUT2D eigenvalue weighted by Gasteiger charge is -2.08. The number of hydrogen-bond donors (Lipinski definition) is 1. The fourth-order valence-electron chi connectivity index (χ4n) is 2.22. The van der Waals surface area contributed by atoms with Crippen LogP contribution in [-0.2, 0) is 6.54 Å². The van der Waals surface area contributed by atoms with Gasteiger partial charge in [0.2, 0.25) is 0 Å². The van der Waals surface area contributed by atoms with Crippen molar-refractivity contribution in [3.05, 3.63) is 45.4 Å². The van der Waals surface area contributed by atoms with Crippen LogP contribution < -0.4 is 5.32 Å². The highest BCUT2D eigenvalue weighted by molar-refractivity contribution is 7.15. The molecule has 6 heteroatoms. The summed E-state index contributed by atoms with van der Waals surface area (Å²) in [5, 5.41) is 6.06. The van der Waals surface area contributed by atoms with E-state index in [0.29, 0.717) is 11.7 Å². The normalized spacial score (nSPS) is 11.2. The van der Waals surface area contributed by atoms with E-state index in [2.05, 4.69) is 32.0 Å². The number of pyridine rings is 1. The Hall–Kier alpha value is -1.59. The quantitative estimate of drug-likeness (QED) is 0.744. The Bertz CT molecular complexity index is 775. The molecule has 0 aliphatic heterocycles. The first-order chi connectivity index (χ1) is 9.56. The maximum Gasteiger partial charge on any atom is 0.194 e. The predicted octanol–water partition coefficient (Wildman–Crippen LogP) is 3.98. The summed E-state index contributed by atoms with van der Waals surface area (Å²) in [6.07, 6.45) is 1.75. The molecule has 0 spiro atoms. The SMILES string of the molecule is Cc1cc(NCc2c(C)nc3scc(C)n23)cnc1Cl. The largest absolute Gasteiger partial charge is 0.378 e. The molecule has 104 valence electrons. The molecule has 0 aromatic carbocycles. The molecule has 0 amide bonds. The van der Waals surface area contributed by atoms with Gasteiger partial charge in [0, 0.05) is 11.1 Å².